The zero-order chi connectivity index (χ0) is 16.1. The molecule has 3 nitrogen and oxygen atoms in total. The first-order valence-electron chi connectivity index (χ1n) is 7.28. The lowest BCUT2D eigenvalue weighted by Crippen LogP contribution is -2.21. The SMILES string of the molecule is CCc1ccc(OCC(=O)Nc2c(C)cc(C)cc2Cl)cc1. The maximum Gasteiger partial charge on any atom is 0.262 e. The van der Waals surface area contributed by atoms with E-state index in [1.54, 1.807) is 0 Å². The summed E-state index contributed by atoms with van der Waals surface area (Å²) in [6.45, 7) is 5.93. The first-order valence-corrected chi connectivity index (χ1v) is 7.65. The summed E-state index contributed by atoms with van der Waals surface area (Å²) in [5, 5.41) is 3.34. The van der Waals surface area contributed by atoms with Crippen molar-refractivity contribution < 1.29 is 9.53 Å². The molecule has 22 heavy (non-hydrogen) atoms. The van der Waals surface area contributed by atoms with Gasteiger partial charge in [-0.3, -0.25) is 4.79 Å². The van der Waals surface area contributed by atoms with Gasteiger partial charge in [0.05, 0.1) is 10.7 Å². The van der Waals surface area contributed by atoms with Crippen molar-refractivity contribution in [1.29, 1.82) is 0 Å². The van der Waals surface area contributed by atoms with E-state index in [1.165, 1.54) is 5.56 Å². The topological polar surface area (TPSA) is 38.3 Å². The molecule has 0 fully saturated rings. The average molecular weight is 318 g/mol. The third-order valence-corrected chi connectivity index (χ3v) is 3.70. The van der Waals surface area contributed by atoms with Gasteiger partial charge in [0.1, 0.15) is 5.75 Å². The van der Waals surface area contributed by atoms with Crippen LogP contribution in [0.3, 0.4) is 0 Å². The molecule has 0 aliphatic heterocycles. The lowest BCUT2D eigenvalue weighted by Gasteiger charge is -2.12. The summed E-state index contributed by atoms with van der Waals surface area (Å²) in [6.07, 6.45) is 0.978. The minimum absolute atomic E-state index is 0.0465. The number of carbonyl (C=O) groups excluding carboxylic acids is 1. The summed E-state index contributed by atoms with van der Waals surface area (Å²) in [4.78, 5) is 12.0. The van der Waals surface area contributed by atoms with Crippen LogP contribution in [0.2, 0.25) is 5.02 Å². The molecule has 0 heterocycles. The van der Waals surface area contributed by atoms with Gasteiger partial charge in [0.15, 0.2) is 6.61 Å². The summed E-state index contributed by atoms with van der Waals surface area (Å²) in [6, 6.07) is 11.5. The summed E-state index contributed by atoms with van der Waals surface area (Å²) >= 11 is 6.17. The Morgan fingerprint density at radius 1 is 1.18 bits per heavy atom. The largest absolute Gasteiger partial charge is 0.484 e. The molecule has 0 aliphatic carbocycles. The number of ether oxygens (including phenoxy) is 1. The molecule has 1 N–H and O–H groups in total. The Bertz CT molecular complexity index is 642. The van der Waals surface area contributed by atoms with Crippen LogP contribution in [0.5, 0.6) is 5.75 Å². The second kappa shape index (κ2) is 7.32. The Labute approximate surface area is 136 Å². The van der Waals surface area contributed by atoms with Crippen LogP contribution in [-0.2, 0) is 11.2 Å². The normalized spacial score (nSPS) is 10.4. The average Bonchev–Trinajstić information content (AvgIpc) is 2.49. The van der Waals surface area contributed by atoms with Crippen molar-refractivity contribution in [2.75, 3.05) is 11.9 Å². The van der Waals surface area contributed by atoms with E-state index in [0.717, 1.165) is 17.5 Å². The van der Waals surface area contributed by atoms with E-state index in [4.69, 9.17) is 16.3 Å². The molecular formula is C18H20ClNO2. The molecular weight excluding hydrogens is 298 g/mol. The van der Waals surface area contributed by atoms with E-state index in [0.29, 0.717) is 16.5 Å². The number of carbonyl (C=O) groups is 1. The van der Waals surface area contributed by atoms with E-state index in [2.05, 4.69) is 12.2 Å². The molecule has 4 heteroatoms. The van der Waals surface area contributed by atoms with Gasteiger partial charge in [0, 0.05) is 0 Å². The van der Waals surface area contributed by atoms with Gasteiger partial charge in [-0.05, 0) is 55.2 Å². The van der Waals surface area contributed by atoms with Gasteiger partial charge in [0.25, 0.3) is 5.91 Å². The standard InChI is InChI=1S/C18H20ClNO2/c1-4-14-5-7-15(8-6-14)22-11-17(21)20-18-13(3)9-12(2)10-16(18)19/h5-10H,4,11H2,1-3H3,(H,20,21). The molecule has 0 bridgehead atoms. The third kappa shape index (κ3) is 4.25. The quantitative estimate of drug-likeness (QED) is 0.879. The molecule has 0 saturated carbocycles. The monoisotopic (exact) mass is 317 g/mol. The van der Waals surface area contributed by atoms with Crippen molar-refractivity contribution in [3.05, 3.63) is 58.1 Å². The lowest BCUT2D eigenvalue weighted by atomic mass is 10.1. The van der Waals surface area contributed by atoms with Crippen LogP contribution in [0.1, 0.15) is 23.6 Å². The second-order valence-electron chi connectivity index (χ2n) is 5.27. The molecule has 0 atom stereocenters. The highest BCUT2D eigenvalue weighted by Crippen LogP contribution is 2.27. The van der Waals surface area contributed by atoms with Gasteiger partial charge in [-0.2, -0.15) is 0 Å². The second-order valence-corrected chi connectivity index (χ2v) is 5.68. The van der Waals surface area contributed by atoms with Crippen molar-refractivity contribution in [2.45, 2.75) is 27.2 Å². The van der Waals surface area contributed by atoms with E-state index in [1.807, 2.05) is 50.2 Å². The predicted octanol–water partition coefficient (Wildman–Crippen LogP) is 4.54. The highest BCUT2D eigenvalue weighted by Gasteiger charge is 2.10. The van der Waals surface area contributed by atoms with Crippen molar-refractivity contribution in [3.8, 4) is 5.75 Å². The third-order valence-electron chi connectivity index (χ3n) is 3.40. The van der Waals surface area contributed by atoms with E-state index in [-0.39, 0.29) is 12.5 Å². The van der Waals surface area contributed by atoms with Gasteiger partial charge >= 0.3 is 0 Å². The number of nitrogens with one attached hydrogen (secondary N) is 1. The molecule has 2 aromatic carbocycles. The van der Waals surface area contributed by atoms with Gasteiger partial charge in [-0.1, -0.05) is 36.7 Å². The van der Waals surface area contributed by atoms with Gasteiger partial charge < -0.3 is 10.1 Å². The first-order chi connectivity index (χ1) is 10.5. The van der Waals surface area contributed by atoms with Crippen LogP contribution in [0.4, 0.5) is 5.69 Å². The molecule has 2 rings (SSSR count). The highest BCUT2D eigenvalue weighted by molar-refractivity contribution is 6.34. The molecule has 0 spiro atoms. The number of halogens is 1. The van der Waals surface area contributed by atoms with E-state index < -0.39 is 0 Å². The molecule has 2 aromatic rings. The number of amides is 1. The van der Waals surface area contributed by atoms with Crippen molar-refractivity contribution >= 4 is 23.2 Å². The lowest BCUT2D eigenvalue weighted by molar-refractivity contribution is -0.118. The molecule has 116 valence electrons. The number of benzene rings is 2. The summed E-state index contributed by atoms with van der Waals surface area (Å²) < 4.78 is 5.49. The summed E-state index contributed by atoms with van der Waals surface area (Å²) in [7, 11) is 0. The Morgan fingerprint density at radius 3 is 2.45 bits per heavy atom. The number of aryl methyl sites for hydroxylation is 3. The van der Waals surface area contributed by atoms with Crippen LogP contribution >= 0.6 is 11.6 Å². The van der Waals surface area contributed by atoms with Crippen LogP contribution in [0.15, 0.2) is 36.4 Å². The summed E-state index contributed by atoms with van der Waals surface area (Å²) in [5.41, 5.74) is 3.87. The Kier molecular flexibility index (Phi) is 5.45. The minimum atomic E-state index is -0.228. The molecule has 0 unspecified atom stereocenters. The molecule has 0 aliphatic rings. The fourth-order valence-corrected chi connectivity index (χ4v) is 2.59. The maximum absolute atomic E-state index is 12.0. The van der Waals surface area contributed by atoms with Gasteiger partial charge in [0.2, 0.25) is 0 Å². The summed E-state index contributed by atoms with van der Waals surface area (Å²) in [5.74, 6) is 0.451. The Morgan fingerprint density at radius 2 is 1.86 bits per heavy atom. The number of hydrogen-bond donors (Lipinski definition) is 1. The fraction of sp³-hybridized carbons (Fsp3) is 0.278. The highest BCUT2D eigenvalue weighted by atomic mass is 35.5. The van der Waals surface area contributed by atoms with Crippen LogP contribution < -0.4 is 10.1 Å². The molecule has 1 amide bonds. The smallest absolute Gasteiger partial charge is 0.262 e. The predicted molar refractivity (Wildman–Crippen MR) is 90.9 cm³/mol. The van der Waals surface area contributed by atoms with Gasteiger partial charge in [-0.15, -0.1) is 0 Å². The number of hydrogen-bond acceptors (Lipinski definition) is 2. The number of anilines is 1. The van der Waals surface area contributed by atoms with Crippen LogP contribution in [0.25, 0.3) is 0 Å². The molecule has 0 aromatic heterocycles. The Balaban J connectivity index is 1.95. The van der Waals surface area contributed by atoms with E-state index in [9.17, 15) is 4.79 Å². The van der Waals surface area contributed by atoms with Gasteiger partial charge in [-0.25, -0.2) is 0 Å². The van der Waals surface area contributed by atoms with E-state index >= 15 is 0 Å². The van der Waals surface area contributed by atoms with Crippen LogP contribution in [-0.4, -0.2) is 12.5 Å². The van der Waals surface area contributed by atoms with Crippen molar-refractivity contribution in [3.63, 3.8) is 0 Å². The van der Waals surface area contributed by atoms with Crippen molar-refractivity contribution in [1.82, 2.24) is 0 Å². The zero-order valence-corrected chi connectivity index (χ0v) is 13.8. The maximum atomic E-state index is 12.0. The van der Waals surface area contributed by atoms with Crippen LogP contribution in [0, 0.1) is 13.8 Å². The first kappa shape index (κ1) is 16.4. The molecule has 0 saturated heterocycles. The zero-order valence-electron chi connectivity index (χ0n) is 13.1. The minimum Gasteiger partial charge on any atom is -0.484 e. The number of rotatable bonds is 5. The molecule has 0 radical (unpaired) electrons. The fourth-order valence-electron chi connectivity index (χ4n) is 2.22. The van der Waals surface area contributed by atoms with Crippen molar-refractivity contribution in [2.24, 2.45) is 0 Å². The Hall–Kier alpha value is -2.00.